The van der Waals surface area contributed by atoms with E-state index in [1.54, 1.807) is 17.6 Å². The molecule has 2 nitrogen and oxygen atoms in total. The molecule has 0 radical (unpaired) electrons. The number of rotatable bonds is 4. The van der Waals surface area contributed by atoms with Gasteiger partial charge in [0.2, 0.25) is 0 Å². The molecule has 6 heteroatoms. The summed E-state index contributed by atoms with van der Waals surface area (Å²) in [4.78, 5) is 4.03. The number of benzene rings is 1. The van der Waals surface area contributed by atoms with Crippen LogP contribution in [0.2, 0.25) is 0 Å². The molecule has 1 unspecified atom stereocenters. The Balaban J connectivity index is 2.03. The van der Waals surface area contributed by atoms with E-state index in [9.17, 15) is 18.3 Å². The summed E-state index contributed by atoms with van der Waals surface area (Å²) in [6, 6.07) is 5.04. The van der Waals surface area contributed by atoms with Crippen LogP contribution < -0.4 is 0 Å². The number of hydrogen-bond donors (Lipinski definition) is 1. The second-order valence-corrected chi connectivity index (χ2v) is 5.17. The molecule has 2 aromatic rings. The standard InChI is InChI=1S/C13H12F3NOS/c14-13(15,16)10-3-1-2-9(6-10)7-11(18)8-12-17-4-5-19-12/h1-6,11,18H,7-8H2. The van der Waals surface area contributed by atoms with Crippen LogP contribution in [-0.4, -0.2) is 16.2 Å². The normalized spacial score (nSPS) is 13.5. The van der Waals surface area contributed by atoms with Crippen LogP contribution in [0.4, 0.5) is 13.2 Å². The molecule has 102 valence electrons. The SMILES string of the molecule is OC(Cc1cccc(C(F)(F)F)c1)Cc1nccs1. The first-order valence-electron chi connectivity index (χ1n) is 5.68. The molecule has 1 atom stereocenters. The van der Waals surface area contributed by atoms with Crippen molar-refractivity contribution >= 4 is 11.3 Å². The molecule has 0 aliphatic heterocycles. The van der Waals surface area contributed by atoms with Crippen molar-refractivity contribution in [1.29, 1.82) is 0 Å². The molecule has 1 heterocycles. The maximum absolute atomic E-state index is 12.5. The van der Waals surface area contributed by atoms with Crippen LogP contribution in [0.3, 0.4) is 0 Å². The quantitative estimate of drug-likeness (QED) is 0.936. The third kappa shape index (κ3) is 4.04. The summed E-state index contributed by atoms with van der Waals surface area (Å²) in [5, 5.41) is 12.4. The first-order valence-corrected chi connectivity index (χ1v) is 6.55. The lowest BCUT2D eigenvalue weighted by molar-refractivity contribution is -0.137. The number of aliphatic hydroxyl groups excluding tert-OH is 1. The van der Waals surface area contributed by atoms with Crippen LogP contribution in [-0.2, 0) is 19.0 Å². The number of hydrogen-bond acceptors (Lipinski definition) is 3. The van der Waals surface area contributed by atoms with Crippen molar-refractivity contribution < 1.29 is 18.3 Å². The lowest BCUT2D eigenvalue weighted by Gasteiger charge is -2.11. The van der Waals surface area contributed by atoms with Crippen molar-refractivity contribution in [2.75, 3.05) is 0 Å². The first-order chi connectivity index (χ1) is 8.95. The number of alkyl halides is 3. The van der Waals surface area contributed by atoms with Gasteiger partial charge in [0, 0.05) is 18.0 Å². The van der Waals surface area contributed by atoms with Crippen molar-refractivity contribution in [2.45, 2.75) is 25.1 Å². The second kappa shape index (κ2) is 5.71. The van der Waals surface area contributed by atoms with Gasteiger partial charge in [-0.15, -0.1) is 11.3 Å². The summed E-state index contributed by atoms with van der Waals surface area (Å²) in [7, 11) is 0. The average molecular weight is 287 g/mol. The fourth-order valence-electron chi connectivity index (χ4n) is 1.77. The largest absolute Gasteiger partial charge is 0.416 e. The molecule has 0 amide bonds. The summed E-state index contributed by atoms with van der Waals surface area (Å²) < 4.78 is 37.6. The first kappa shape index (κ1) is 14.0. The van der Waals surface area contributed by atoms with Gasteiger partial charge in [0.05, 0.1) is 16.7 Å². The Labute approximate surface area is 112 Å². The van der Waals surface area contributed by atoms with Crippen LogP contribution in [0.15, 0.2) is 35.8 Å². The van der Waals surface area contributed by atoms with E-state index in [-0.39, 0.29) is 6.42 Å². The monoisotopic (exact) mass is 287 g/mol. The van der Waals surface area contributed by atoms with Gasteiger partial charge in [-0.05, 0) is 18.1 Å². The molecule has 0 saturated heterocycles. The lowest BCUT2D eigenvalue weighted by Crippen LogP contribution is -2.14. The summed E-state index contributed by atoms with van der Waals surface area (Å²) in [6.45, 7) is 0. The molecular weight excluding hydrogens is 275 g/mol. The summed E-state index contributed by atoms with van der Waals surface area (Å²) in [6.07, 6.45) is -2.90. The van der Waals surface area contributed by atoms with E-state index in [4.69, 9.17) is 0 Å². The Morgan fingerprint density at radius 1 is 1.26 bits per heavy atom. The molecular formula is C13H12F3NOS. The summed E-state index contributed by atoms with van der Waals surface area (Å²) >= 11 is 1.42. The van der Waals surface area contributed by atoms with Gasteiger partial charge in [-0.3, -0.25) is 0 Å². The number of aromatic nitrogens is 1. The average Bonchev–Trinajstić information content (AvgIpc) is 2.80. The predicted molar refractivity (Wildman–Crippen MR) is 67.0 cm³/mol. The highest BCUT2D eigenvalue weighted by Crippen LogP contribution is 2.29. The van der Waals surface area contributed by atoms with E-state index in [1.165, 1.54) is 17.4 Å². The van der Waals surface area contributed by atoms with Gasteiger partial charge >= 0.3 is 6.18 Å². The van der Waals surface area contributed by atoms with Gasteiger partial charge in [0.1, 0.15) is 0 Å². The number of halogens is 3. The third-order valence-corrected chi connectivity index (χ3v) is 3.42. The molecule has 0 fully saturated rings. The van der Waals surface area contributed by atoms with E-state index in [0.29, 0.717) is 12.0 Å². The smallest absolute Gasteiger partial charge is 0.392 e. The van der Waals surface area contributed by atoms with Crippen LogP contribution in [0.5, 0.6) is 0 Å². The number of nitrogens with zero attached hydrogens (tertiary/aromatic N) is 1. The van der Waals surface area contributed by atoms with Gasteiger partial charge in [-0.1, -0.05) is 18.2 Å². The van der Waals surface area contributed by atoms with Gasteiger partial charge < -0.3 is 5.11 Å². The number of aliphatic hydroxyl groups is 1. The molecule has 1 aromatic carbocycles. The second-order valence-electron chi connectivity index (χ2n) is 4.19. The zero-order valence-corrected chi connectivity index (χ0v) is 10.7. The molecule has 0 aliphatic rings. The van der Waals surface area contributed by atoms with Gasteiger partial charge in [0.25, 0.3) is 0 Å². The van der Waals surface area contributed by atoms with E-state index < -0.39 is 17.8 Å². The Morgan fingerprint density at radius 2 is 2.05 bits per heavy atom. The van der Waals surface area contributed by atoms with E-state index >= 15 is 0 Å². The highest BCUT2D eigenvalue weighted by Gasteiger charge is 2.30. The zero-order valence-electron chi connectivity index (χ0n) is 9.89. The molecule has 0 aliphatic carbocycles. The van der Waals surface area contributed by atoms with Crippen molar-refractivity contribution in [3.8, 4) is 0 Å². The van der Waals surface area contributed by atoms with Crippen molar-refractivity contribution in [2.24, 2.45) is 0 Å². The lowest BCUT2D eigenvalue weighted by atomic mass is 10.0. The van der Waals surface area contributed by atoms with Crippen LogP contribution in [0.25, 0.3) is 0 Å². The highest BCUT2D eigenvalue weighted by atomic mass is 32.1. The topological polar surface area (TPSA) is 33.1 Å². The molecule has 1 N–H and O–H groups in total. The third-order valence-electron chi connectivity index (χ3n) is 2.62. The highest BCUT2D eigenvalue weighted by molar-refractivity contribution is 7.09. The fraction of sp³-hybridized carbons (Fsp3) is 0.308. The van der Waals surface area contributed by atoms with Crippen molar-refractivity contribution in [1.82, 2.24) is 4.98 Å². The molecule has 0 bridgehead atoms. The van der Waals surface area contributed by atoms with Crippen LogP contribution in [0.1, 0.15) is 16.1 Å². The maximum atomic E-state index is 12.5. The Morgan fingerprint density at radius 3 is 2.68 bits per heavy atom. The maximum Gasteiger partial charge on any atom is 0.416 e. The van der Waals surface area contributed by atoms with Gasteiger partial charge in [-0.2, -0.15) is 13.2 Å². The Bertz CT molecular complexity index is 525. The minimum absolute atomic E-state index is 0.184. The Kier molecular flexibility index (Phi) is 4.21. The minimum Gasteiger partial charge on any atom is -0.392 e. The predicted octanol–water partition coefficient (Wildman–Crippen LogP) is 3.31. The summed E-state index contributed by atoms with van der Waals surface area (Å²) in [5.41, 5.74) is -0.217. The molecule has 0 spiro atoms. The van der Waals surface area contributed by atoms with Crippen molar-refractivity contribution in [3.63, 3.8) is 0 Å². The molecule has 19 heavy (non-hydrogen) atoms. The van der Waals surface area contributed by atoms with E-state index in [0.717, 1.165) is 17.1 Å². The molecule has 0 saturated carbocycles. The van der Waals surface area contributed by atoms with Crippen molar-refractivity contribution in [3.05, 3.63) is 52.0 Å². The molecule has 2 rings (SSSR count). The van der Waals surface area contributed by atoms with Gasteiger partial charge in [0.15, 0.2) is 0 Å². The molecule has 1 aromatic heterocycles. The van der Waals surface area contributed by atoms with Crippen LogP contribution in [0, 0.1) is 0 Å². The Hall–Kier alpha value is -1.40. The minimum atomic E-state index is -4.35. The van der Waals surface area contributed by atoms with Gasteiger partial charge in [-0.25, -0.2) is 4.98 Å². The summed E-state index contributed by atoms with van der Waals surface area (Å²) in [5.74, 6) is 0. The van der Waals surface area contributed by atoms with Crippen LogP contribution >= 0.6 is 11.3 Å². The number of thiazole rings is 1. The van der Waals surface area contributed by atoms with E-state index in [2.05, 4.69) is 4.98 Å². The van der Waals surface area contributed by atoms with E-state index in [1.807, 2.05) is 0 Å². The zero-order chi connectivity index (χ0) is 13.9. The fourth-order valence-corrected chi connectivity index (χ4v) is 2.46.